The molecule has 27 heavy (non-hydrogen) atoms. The van der Waals surface area contributed by atoms with Gasteiger partial charge in [-0.1, -0.05) is 18.2 Å². The lowest BCUT2D eigenvalue weighted by molar-refractivity contribution is 0.0630. The molecule has 1 amide bonds. The zero-order valence-electron chi connectivity index (χ0n) is 16.0. The van der Waals surface area contributed by atoms with Gasteiger partial charge in [0.15, 0.2) is 0 Å². The van der Waals surface area contributed by atoms with E-state index >= 15 is 0 Å². The molecular weight excluding hydrogens is 336 g/mol. The number of para-hydroxylation sites is 1. The number of rotatable bonds is 4. The van der Waals surface area contributed by atoms with Crippen LogP contribution in [0.2, 0.25) is 0 Å². The minimum absolute atomic E-state index is 0.194. The number of hydrogen-bond donors (Lipinski definition) is 1. The molecule has 5 heteroatoms. The standard InChI is InChI=1S/C22H26N4O/c1-14(2)25-20-6-4-3-5-15(20)12-21(25)22(27)26(17-7-8-17)18-9-10-19-16(11-18)13-23-24-19/h3-6,12-14,17-18H,7-11H2,1-2H3,(H,23,24). The van der Waals surface area contributed by atoms with Crippen molar-refractivity contribution in [3.63, 3.8) is 0 Å². The van der Waals surface area contributed by atoms with Crippen LogP contribution in [0.1, 0.15) is 60.9 Å². The maximum atomic E-state index is 13.8. The zero-order valence-corrected chi connectivity index (χ0v) is 16.0. The lowest BCUT2D eigenvalue weighted by Crippen LogP contribution is -2.45. The predicted octanol–water partition coefficient (Wildman–Crippen LogP) is 4.11. The number of H-pyrrole nitrogens is 1. The molecule has 1 unspecified atom stereocenters. The first kappa shape index (κ1) is 16.6. The number of fused-ring (bicyclic) bond motifs is 2. The van der Waals surface area contributed by atoms with Gasteiger partial charge in [-0.2, -0.15) is 5.10 Å². The number of benzene rings is 1. The summed E-state index contributed by atoms with van der Waals surface area (Å²) in [7, 11) is 0. The molecule has 1 saturated carbocycles. The summed E-state index contributed by atoms with van der Waals surface area (Å²) in [4.78, 5) is 15.9. The van der Waals surface area contributed by atoms with Crippen LogP contribution in [0.4, 0.5) is 0 Å². The van der Waals surface area contributed by atoms with Crippen molar-refractivity contribution in [1.29, 1.82) is 0 Å². The Morgan fingerprint density at radius 2 is 2.04 bits per heavy atom. The van der Waals surface area contributed by atoms with Crippen LogP contribution in [0.15, 0.2) is 36.5 Å². The van der Waals surface area contributed by atoms with Crippen molar-refractivity contribution in [3.8, 4) is 0 Å². The maximum Gasteiger partial charge on any atom is 0.271 e. The van der Waals surface area contributed by atoms with Crippen LogP contribution in [0.3, 0.4) is 0 Å². The van der Waals surface area contributed by atoms with Gasteiger partial charge in [-0.15, -0.1) is 0 Å². The minimum atomic E-state index is 0.194. The van der Waals surface area contributed by atoms with Gasteiger partial charge in [-0.25, -0.2) is 0 Å². The average Bonchev–Trinajstić information content (AvgIpc) is 3.24. The molecule has 0 bridgehead atoms. The van der Waals surface area contributed by atoms with Gasteiger partial charge in [0.25, 0.3) is 5.91 Å². The number of hydrogen-bond acceptors (Lipinski definition) is 2. The molecule has 3 aromatic rings. The van der Waals surface area contributed by atoms with E-state index in [1.807, 2.05) is 12.3 Å². The smallest absolute Gasteiger partial charge is 0.271 e. The molecular formula is C22H26N4O. The largest absolute Gasteiger partial charge is 0.334 e. The summed E-state index contributed by atoms with van der Waals surface area (Å²) < 4.78 is 2.21. The summed E-state index contributed by atoms with van der Waals surface area (Å²) in [5, 5.41) is 8.45. The van der Waals surface area contributed by atoms with Gasteiger partial charge in [0.1, 0.15) is 5.69 Å². The van der Waals surface area contributed by atoms with E-state index in [2.05, 4.69) is 57.8 Å². The Kier molecular flexibility index (Phi) is 3.85. The fourth-order valence-corrected chi connectivity index (χ4v) is 4.65. The number of aromatic nitrogens is 3. The number of aryl methyl sites for hydroxylation is 1. The Morgan fingerprint density at radius 1 is 1.22 bits per heavy atom. The van der Waals surface area contributed by atoms with Gasteiger partial charge in [0.05, 0.1) is 6.20 Å². The van der Waals surface area contributed by atoms with Crippen molar-refractivity contribution >= 4 is 16.8 Å². The quantitative estimate of drug-likeness (QED) is 0.759. The van der Waals surface area contributed by atoms with E-state index in [1.54, 1.807) is 0 Å². The van der Waals surface area contributed by atoms with Gasteiger partial charge >= 0.3 is 0 Å². The third kappa shape index (κ3) is 2.76. The van der Waals surface area contributed by atoms with Crippen molar-refractivity contribution < 1.29 is 4.79 Å². The lowest BCUT2D eigenvalue weighted by Gasteiger charge is -2.35. The molecule has 5 nitrogen and oxygen atoms in total. The van der Waals surface area contributed by atoms with Crippen LogP contribution in [0, 0.1) is 0 Å². The van der Waals surface area contributed by atoms with Crippen molar-refractivity contribution in [1.82, 2.24) is 19.7 Å². The highest BCUT2D eigenvalue weighted by molar-refractivity contribution is 5.99. The molecule has 5 rings (SSSR count). The highest BCUT2D eigenvalue weighted by Gasteiger charge is 2.40. The number of nitrogens with zero attached hydrogens (tertiary/aromatic N) is 3. The second kappa shape index (κ2) is 6.25. The van der Waals surface area contributed by atoms with Crippen molar-refractivity contribution in [2.24, 2.45) is 0 Å². The van der Waals surface area contributed by atoms with Crippen molar-refractivity contribution in [2.45, 2.75) is 64.1 Å². The topological polar surface area (TPSA) is 53.9 Å². The van der Waals surface area contributed by atoms with E-state index in [9.17, 15) is 4.79 Å². The highest BCUT2D eigenvalue weighted by atomic mass is 16.2. The second-order valence-electron chi connectivity index (χ2n) is 8.27. The fraction of sp³-hybridized carbons (Fsp3) is 0.455. The van der Waals surface area contributed by atoms with Crippen LogP contribution in [-0.4, -0.2) is 37.7 Å². The summed E-state index contributed by atoms with van der Waals surface area (Å²) in [5.41, 5.74) is 4.49. The average molecular weight is 362 g/mol. The van der Waals surface area contributed by atoms with Gasteiger partial charge in [-0.05, 0) is 63.6 Å². The van der Waals surface area contributed by atoms with Gasteiger partial charge in [0.2, 0.25) is 0 Å². The molecule has 140 valence electrons. The van der Waals surface area contributed by atoms with Crippen molar-refractivity contribution in [3.05, 3.63) is 53.5 Å². The molecule has 0 saturated heterocycles. The molecule has 2 aliphatic carbocycles. The summed E-state index contributed by atoms with van der Waals surface area (Å²) in [5.74, 6) is 0.194. The fourth-order valence-electron chi connectivity index (χ4n) is 4.65. The number of amides is 1. The predicted molar refractivity (Wildman–Crippen MR) is 106 cm³/mol. The number of nitrogens with one attached hydrogen (secondary N) is 1. The lowest BCUT2D eigenvalue weighted by atomic mass is 9.92. The Balaban J connectivity index is 1.54. The number of aromatic amines is 1. The zero-order chi connectivity index (χ0) is 18.5. The van der Waals surface area contributed by atoms with Gasteiger partial charge in [0, 0.05) is 34.7 Å². The highest BCUT2D eigenvalue weighted by Crippen LogP contribution is 2.36. The third-order valence-corrected chi connectivity index (χ3v) is 6.04. The first-order chi connectivity index (χ1) is 13.1. The molecule has 0 spiro atoms. The molecule has 2 aliphatic rings. The van der Waals surface area contributed by atoms with E-state index in [4.69, 9.17) is 0 Å². The summed E-state index contributed by atoms with van der Waals surface area (Å²) in [6.45, 7) is 4.31. The van der Waals surface area contributed by atoms with E-state index < -0.39 is 0 Å². The van der Waals surface area contributed by atoms with E-state index in [0.717, 1.165) is 48.7 Å². The van der Waals surface area contributed by atoms with E-state index in [0.29, 0.717) is 6.04 Å². The van der Waals surface area contributed by atoms with E-state index in [-0.39, 0.29) is 18.0 Å². The normalized spacial score (nSPS) is 19.4. The van der Waals surface area contributed by atoms with Crippen LogP contribution in [0.5, 0.6) is 0 Å². The summed E-state index contributed by atoms with van der Waals surface area (Å²) in [6, 6.07) is 11.3. The molecule has 0 radical (unpaired) electrons. The first-order valence-electron chi connectivity index (χ1n) is 10.1. The van der Waals surface area contributed by atoms with Crippen LogP contribution >= 0.6 is 0 Å². The minimum Gasteiger partial charge on any atom is -0.334 e. The van der Waals surface area contributed by atoms with Crippen LogP contribution < -0.4 is 0 Å². The molecule has 2 aromatic heterocycles. The second-order valence-corrected chi connectivity index (χ2v) is 8.27. The molecule has 2 heterocycles. The van der Waals surface area contributed by atoms with Crippen LogP contribution in [0.25, 0.3) is 10.9 Å². The van der Waals surface area contributed by atoms with Gasteiger partial charge in [-0.3, -0.25) is 9.89 Å². The molecule has 1 atom stereocenters. The Hall–Kier alpha value is -2.56. The molecule has 1 fully saturated rings. The maximum absolute atomic E-state index is 13.8. The Bertz CT molecular complexity index is 995. The monoisotopic (exact) mass is 362 g/mol. The third-order valence-electron chi connectivity index (χ3n) is 6.04. The molecule has 1 N–H and O–H groups in total. The van der Waals surface area contributed by atoms with Crippen molar-refractivity contribution in [2.75, 3.05) is 0 Å². The number of carbonyl (C=O) groups is 1. The van der Waals surface area contributed by atoms with Gasteiger partial charge < -0.3 is 9.47 Å². The van der Waals surface area contributed by atoms with Crippen LogP contribution in [-0.2, 0) is 12.8 Å². The molecule has 0 aliphatic heterocycles. The van der Waals surface area contributed by atoms with E-state index in [1.165, 1.54) is 11.3 Å². The summed E-state index contributed by atoms with van der Waals surface area (Å²) >= 11 is 0. The Labute approximate surface area is 159 Å². The summed E-state index contributed by atoms with van der Waals surface area (Å²) in [6.07, 6.45) is 7.09. The SMILES string of the molecule is CC(C)n1c(C(=O)N(C2CC2)C2CCc3[nH]ncc3C2)cc2ccccc21. The Morgan fingerprint density at radius 3 is 2.81 bits per heavy atom. The number of carbonyl (C=O) groups excluding carboxylic acids is 1. The first-order valence-corrected chi connectivity index (χ1v) is 10.1. The molecule has 1 aromatic carbocycles.